The molecule has 0 saturated carbocycles. The van der Waals surface area contributed by atoms with Gasteiger partial charge in [0.1, 0.15) is 0 Å². The Kier molecular flexibility index (Phi) is 3.74. The quantitative estimate of drug-likeness (QED) is 0.905. The lowest BCUT2D eigenvalue weighted by Crippen LogP contribution is -2.54. The number of nitrogens with one attached hydrogen (secondary N) is 1. The number of Topliss-reactive ketones (excluding diaryl/α,β-unsaturated/α-hetero) is 1. The Labute approximate surface area is 135 Å². The average molecular weight is 314 g/mol. The summed E-state index contributed by atoms with van der Waals surface area (Å²) in [6, 6.07) is 1.27. The fourth-order valence-corrected chi connectivity index (χ4v) is 3.86. The average Bonchev–Trinajstić information content (AvgIpc) is 2.41. The molecule has 1 aromatic rings. The third kappa shape index (κ3) is 2.54. The van der Waals surface area contributed by atoms with Gasteiger partial charge in [0.25, 0.3) is 0 Å². The Balaban J connectivity index is 2.13. The van der Waals surface area contributed by atoms with Gasteiger partial charge in [0.05, 0.1) is 12.0 Å². The highest BCUT2D eigenvalue weighted by molar-refractivity contribution is 6.05. The molecule has 1 amide bonds. The second-order valence-electron chi connectivity index (χ2n) is 7.06. The normalized spacial score (nSPS) is 23.7. The Hall–Kier alpha value is -2.17. The molecule has 23 heavy (non-hydrogen) atoms. The van der Waals surface area contributed by atoms with Crippen LogP contribution in [0, 0.1) is 18.8 Å². The van der Waals surface area contributed by atoms with Crippen molar-refractivity contribution in [3.05, 3.63) is 44.9 Å². The number of hydrogen-bond donors (Lipinski definition) is 1. The second kappa shape index (κ2) is 5.48. The van der Waals surface area contributed by atoms with Crippen LogP contribution in [-0.4, -0.2) is 34.2 Å². The number of pyridine rings is 1. The zero-order valence-electron chi connectivity index (χ0n) is 14.0. The number of ketones is 1. The van der Waals surface area contributed by atoms with Crippen LogP contribution in [0.3, 0.4) is 0 Å². The first-order chi connectivity index (χ1) is 10.8. The maximum atomic E-state index is 13.0. The van der Waals surface area contributed by atoms with Gasteiger partial charge in [-0.15, -0.1) is 0 Å². The fourth-order valence-electron chi connectivity index (χ4n) is 3.86. The predicted octanol–water partition coefficient (Wildman–Crippen LogP) is 1.85. The maximum Gasteiger partial charge on any atom is 0.248 e. The van der Waals surface area contributed by atoms with E-state index in [4.69, 9.17) is 0 Å². The molecule has 1 aromatic heterocycles. The van der Waals surface area contributed by atoms with Gasteiger partial charge in [0, 0.05) is 36.4 Å². The van der Waals surface area contributed by atoms with E-state index in [9.17, 15) is 14.4 Å². The van der Waals surface area contributed by atoms with Gasteiger partial charge in [-0.05, 0) is 25.3 Å². The highest BCUT2D eigenvalue weighted by Gasteiger charge is 2.44. The zero-order chi connectivity index (χ0) is 16.9. The van der Waals surface area contributed by atoms with Crippen molar-refractivity contribution < 1.29 is 9.59 Å². The number of rotatable bonds is 2. The molecule has 5 heteroatoms. The first kappa shape index (κ1) is 15.7. The van der Waals surface area contributed by atoms with Gasteiger partial charge in [-0.3, -0.25) is 14.4 Å². The summed E-state index contributed by atoms with van der Waals surface area (Å²) in [4.78, 5) is 41.8. The number of aromatic nitrogens is 1. The molecule has 122 valence electrons. The lowest BCUT2D eigenvalue weighted by atomic mass is 9.73. The minimum absolute atomic E-state index is 0.0139. The molecule has 1 aliphatic carbocycles. The van der Waals surface area contributed by atoms with Crippen molar-refractivity contribution in [2.75, 3.05) is 6.54 Å². The van der Waals surface area contributed by atoms with Gasteiger partial charge < -0.3 is 9.88 Å². The molecule has 2 aliphatic rings. The summed E-state index contributed by atoms with van der Waals surface area (Å²) in [7, 11) is 0. The molecule has 1 aliphatic heterocycles. The van der Waals surface area contributed by atoms with E-state index in [2.05, 4.69) is 18.8 Å². The molecule has 2 atom stereocenters. The van der Waals surface area contributed by atoms with Gasteiger partial charge in [-0.1, -0.05) is 19.4 Å². The number of H-pyrrole nitrogens is 1. The Bertz CT molecular complexity index is 773. The van der Waals surface area contributed by atoms with Crippen LogP contribution in [0.25, 0.3) is 0 Å². The number of nitrogens with zero attached hydrogens (tertiary/aromatic N) is 1. The minimum Gasteiger partial charge on any atom is -0.334 e. The molecule has 0 saturated heterocycles. The number of fused-ring (bicyclic) bond motifs is 2. The summed E-state index contributed by atoms with van der Waals surface area (Å²) in [5.74, 6) is -0.00767. The molecule has 2 heterocycles. The summed E-state index contributed by atoms with van der Waals surface area (Å²) < 4.78 is 0. The monoisotopic (exact) mass is 314 g/mol. The summed E-state index contributed by atoms with van der Waals surface area (Å²) in [5.41, 5.74) is 2.63. The second-order valence-corrected chi connectivity index (χ2v) is 7.06. The maximum absolute atomic E-state index is 13.0. The van der Waals surface area contributed by atoms with Crippen molar-refractivity contribution in [3.63, 3.8) is 0 Å². The third-order valence-corrected chi connectivity index (χ3v) is 4.73. The number of aryl methyl sites for hydroxylation is 1. The first-order valence-electron chi connectivity index (χ1n) is 8.05. The lowest BCUT2D eigenvalue weighted by molar-refractivity contribution is -0.130. The van der Waals surface area contributed by atoms with E-state index in [0.717, 1.165) is 5.57 Å². The number of hydrogen-bond acceptors (Lipinski definition) is 3. The van der Waals surface area contributed by atoms with Crippen LogP contribution in [0.1, 0.15) is 42.4 Å². The summed E-state index contributed by atoms with van der Waals surface area (Å²) in [6.07, 6.45) is 2.11. The Morgan fingerprint density at radius 2 is 1.96 bits per heavy atom. The molecule has 3 rings (SSSR count). The van der Waals surface area contributed by atoms with Crippen molar-refractivity contribution in [2.45, 2.75) is 40.2 Å². The van der Waals surface area contributed by atoms with Gasteiger partial charge in [0.2, 0.25) is 11.5 Å². The third-order valence-electron chi connectivity index (χ3n) is 4.73. The molecular formula is C18H22N2O3. The molecule has 0 aromatic carbocycles. The molecule has 0 bridgehead atoms. The van der Waals surface area contributed by atoms with Crippen molar-refractivity contribution >= 4 is 11.7 Å². The largest absolute Gasteiger partial charge is 0.334 e. The lowest BCUT2D eigenvalue weighted by Gasteiger charge is -2.43. The standard InChI is InChI=1S/C18H22N2O3/c1-9(2)8-20-13-7-12-16(10(3)5-14(21)19-12)18(23)17(13)11(4)6-15(20)22/h5-6,9,13,17H,7-8H2,1-4H3,(H,19,21). The highest BCUT2D eigenvalue weighted by atomic mass is 16.2. The van der Waals surface area contributed by atoms with Gasteiger partial charge >= 0.3 is 0 Å². The van der Waals surface area contributed by atoms with Crippen molar-refractivity contribution in [1.82, 2.24) is 9.88 Å². The van der Waals surface area contributed by atoms with Gasteiger partial charge in [-0.2, -0.15) is 0 Å². The summed E-state index contributed by atoms with van der Waals surface area (Å²) in [5, 5.41) is 0. The van der Waals surface area contributed by atoms with Gasteiger partial charge in [0.15, 0.2) is 5.78 Å². The molecule has 1 N–H and O–H groups in total. The van der Waals surface area contributed by atoms with Crippen LogP contribution < -0.4 is 5.56 Å². The van der Waals surface area contributed by atoms with Crippen LogP contribution in [0.4, 0.5) is 0 Å². The Morgan fingerprint density at radius 3 is 2.61 bits per heavy atom. The Morgan fingerprint density at radius 1 is 1.26 bits per heavy atom. The number of amides is 1. The van der Waals surface area contributed by atoms with Crippen LogP contribution >= 0.6 is 0 Å². The highest BCUT2D eigenvalue weighted by Crippen LogP contribution is 2.36. The number of carbonyl (C=O) groups excluding carboxylic acids is 2. The molecule has 0 radical (unpaired) electrons. The fraction of sp³-hybridized carbons (Fsp3) is 0.500. The van der Waals surface area contributed by atoms with Crippen LogP contribution in [0.2, 0.25) is 0 Å². The van der Waals surface area contributed by atoms with E-state index in [-0.39, 0.29) is 29.2 Å². The van der Waals surface area contributed by atoms with E-state index in [0.29, 0.717) is 35.7 Å². The summed E-state index contributed by atoms with van der Waals surface area (Å²) in [6.45, 7) is 8.37. The van der Waals surface area contributed by atoms with Crippen LogP contribution in [0.5, 0.6) is 0 Å². The van der Waals surface area contributed by atoms with Crippen molar-refractivity contribution in [3.8, 4) is 0 Å². The SMILES string of the molecule is CC1=CC(=O)N(CC(C)C)C2Cc3[nH]c(=O)cc(C)c3C(=O)C12. The molecular weight excluding hydrogens is 292 g/mol. The molecule has 0 spiro atoms. The van der Waals surface area contributed by atoms with E-state index in [1.54, 1.807) is 17.9 Å². The van der Waals surface area contributed by atoms with E-state index < -0.39 is 0 Å². The molecule has 2 unspecified atom stereocenters. The predicted molar refractivity (Wildman–Crippen MR) is 87.4 cm³/mol. The number of aromatic amines is 1. The van der Waals surface area contributed by atoms with E-state index in [1.165, 1.54) is 6.07 Å². The molecule has 5 nitrogen and oxygen atoms in total. The summed E-state index contributed by atoms with van der Waals surface area (Å²) >= 11 is 0. The van der Waals surface area contributed by atoms with Gasteiger partial charge in [-0.25, -0.2) is 0 Å². The number of carbonyl (C=O) groups is 2. The van der Waals surface area contributed by atoms with E-state index in [1.807, 2.05) is 6.92 Å². The van der Waals surface area contributed by atoms with Crippen molar-refractivity contribution in [1.29, 1.82) is 0 Å². The van der Waals surface area contributed by atoms with Crippen LogP contribution in [-0.2, 0) is 11.2 Å². The van der Waals surface area contributed by atoms with E-state index >= 15 is 0 Å². The topological polar surface area (TPSA) is 70.2 Å². The van der Waals surface area contributed by atoms with Crippen molar-refractivity contribution in [2.24, 2.45) is 11.8 Å². The first-order valence-corrected chi connectivity index (χ1v) is 8.05. The van der Waals surface area contributed by atoms with Crippen LogP contribution in [0.15, 0.2) is 22.5 Å². The zero-order valence-corrected chi connectivity index (χ0v) is 14.0. The smallest absolute Gasteiger partial charge is 0.248 e. The molecule has 0 fully saturated rings. The minimum atomic E-state index is -0.302.